The minimum atomic E-state index is 0.785. The van der Waals surface area contributed by atoms with Gasteiger partial charge in [-0.25, -0.2) is 9.97 Å². The molecule has 1 aliphatic rings. The molecule has 0 unspecified atom stereocenters. The third kappa shape index (κ3) is 1.75. The van der Waals surface area contributed by atoms with Crippen molar-refractivity contribution in [2.45, 2.75) is 13.5 Å². The molecule has 0 radical (unpaired) electrons. The van der Waals surface area contributed by atoms with Gasteiger partial charge in [-0.2, -0.15) is 0 Å². The predicted octanol–water partition coefficient (Wildman–Crippen LogP) is 2.71. The van der Waals surface area contributed by atoms with Gasteiger partial charge in [0.2, 0.25) is 0 Å². The predicted molar refractivity (Wildman–Crippen MR) is 78.7 cm³/mol. The molecule has 0 spiro atoms. The Hall–Kier alpha value is -2.69. The van der Waals surface area contributed by atoms with Gasteiger partial charge in [0.25, 0.3) is 0 Å². The molecule has 2 aromatic heterocycles. The third-order valence-electron chi connectivity index (χ3n) is 3.48. The molecule has 0 bridgehead atoms. The Morgan fingerprint density at radius 2 is 2.20 bits per heavy atom. The number of aromatic nitrogens is 3. The summed E-state index contributed by atoms with van der Waals surface area (Å²) in [6.45, 7) is 2.75. The first-order valence-electron chi connectivity index (χ1n) is 6.50. The van der Waals surface area contributed by atoms with Crippen LogP contribution in [-0.2, 0) is 6.54 Å². The summed E-state index contributed by atoms with van der Waals surface area (Å²) in [7, 11) is 0. The SMILES string of the molecule is Cc1nc(Nc2ccc3c(c2)C=NC3)cc2nccn12. The number of hydrogen-bond donors (Lipinski definition) is 1. The van der Waals surface area contributed by atoms with Crippen molar-refractivity contribution < 1.29 is 0 Å². The Bertz CT molecular complexity index is 831. The molecule has 0 saturated heterocycles. The molecule has 0 amide bonds. The van der Waals surface area contributed by atoms with Gasteiger partial charge in [-0.1, -0.05) is 6.07 Å². The molecule has 0 saturated carbocycles. The topological polar surface area (TPSA) is 54.6 Å². The molecular weight excluding hydrogens is 250 g/mol. The average Bonchev–Trinajstić information content (AvgIpc) is 3.06. The van der Waals surface area contributed by atoms with E-state index >= 15 is 0 Å². The molecule has 4 rings (SSSR count). The van der Waals surface area contributed by atoms with Crippen LogP contribution in [0.15, 0.2) is 41.7 Å². The van der Waals surface area contributed by atoms with Crippen molar-refractivity contribution in [3.63, 3.8) is 0 Å². The first-order valence-corrected chi connectivity index (χ1v) is 6.50. The van der Waals surface area contributed by atoms with Crippen molar-refractivity contribution in [2.75, 3.05) is 5.32 Å². The lowest BCUT2D eigenvalue weighted by Gasteiger charge is -2.09. The second kappa shape index (κ2) is 4.16. The van der Waals surface area contributed by atoms with E-state index in [-0.39, 0.29) is 0 Å². The van der Waals surface area contributed by atoms with Crippen LogP contribution in [0.1, 0.15) is 17.0 Å². The molecule has 3 aromatic rings. The van der Waals surface area contributed by atoms with Crippen LogP contribution in [0.4, 0.5) is 11.5 Å². The number of anilines is 2. The summed E-state index contributed by atoms with van der Waals surface area (Å²) in [6.07, 6.45) is 5.60. The second-order valence-corrected chi connectivity index (χ2v) is 4.85. The molecular formula is C15H13N5. The van der Waals surface area contributed by atoms with E-state index in [1.54, 1.807) is 6.20 Å². The molecule has 1 aliphatic heterocycles. The van der Waals surface area contributed by atoms with Crippen molar-refractivity contribution in [1.82, 2.24) is 14.4 Å². The Labute approximate surface area is 116 Å². The van der Waals surface area contributed by atoms with Gasteiger partial charge in [-0.15, -0.1) is 0 Å². The maximum Gasteiger partial charge on any atom is 0.141 e. The zero-order chi connectivity index (χ0) is 13.5. The molecule has 0 atom stereocenters. The van der Waals surface area contributed by atoms with E-state index in [9.17, 15) is 0 Å². The van der Waals surface area contributed by atoms with Crippen LogP contribution in [0.3, 0.4) is 0 Å². The number of hydrogen-bond acceptors (Lipinski definition) is 4. The Morgan fingerprint density at radius 3 is 3.15 bits per heavy atom. The van der Waals surface area contributed by atoms with Gasteiger partial charge in [-0.05, 0) is 30.2 Å². The zero-order valence-corrected chi connectivity index (χ0v) is 11.0. The maximum absolute atomic E-state index is 4.54. The number of imidazole rings is 1. The Kier molecular flexibility index (Phi) is 2.32. The van der Waals surface area contributed by atoms with Gasteiger partial charge in [0.1, 0.15) is 17.3 Å². The van der Waals surface area contributed by atoms with Gasteiger partial charge >= 0.3 is 0 Å². The normalized spacial score (nSPS) is 12.8. The van der Waals surface area contributed by atoms with Gasteiger partial charge in [0.15, 0.2) is 0 Å². The molecule has 5 nitrogen and oxygen atoms in total. The minimum absolute atomic E-state index is 0.785. The fraction of sp³-hybridized carbons (Fsp3) is 0.133. The summed E-state index contributed by atoms with van der Waals surface area (Å²) in [4.78, 5) is 13.1. The minimum Gasteiger partial charge on any atom is -0.340 e. The smallest absolute Gasteiger partial charge is 0.141 e. The lowest BCUT2D eigenvalue weighted by atomic mass is 10.1. The molecule has 1 aromatic carbocycles. The first-order chi connectivity index (χ1) is 9.79. The van der Waals surface area contributed by atoms with E-state index < -0.39 is 0 Å². The Balaban J connectivity index is 1.71. The highest BCUT2D eigenvalue weighted by atomic mass is 15.1. The largest absolute Gasteiger partial charge is 0.340 e. The molecule has 1 N–H and O–H groups in total. The maximum atomic E-state index is 4.54. The number of nitrogens with one attached hydrogen (secondary N) is 1. The molecule has 98 valence electrons. The number of benzene rings is 1. The van der Waals surface area contributed by atoms with E-state index in [2.05, 4.69) is 38.5 Å². The number of aryl methyl sites for hydroxylation is 1. The zero-order valence-electron chi connectivity index (χ0n) is 11.0. The summed E-state index contributed by atoms with van der Waals surface area (Å²) >= 11 is 0. The van der Waals surface area contributed by atoms with Gasteiger partial charge in [0, 0.05) is 30.4 Å². The fourth-order valence-electron chi connectivity index (χ4n) is 2.47. The fourth-order valence-corrected chi connectivity index (χ4v) is 2.47. The van der Waals surface area contributed by atoms with Gasteiger partial charge in [-0.3, -0.25) is 9.39 Å². The van der Waals surface area contributed by atoms with Crippen LogP contribution < -0.4 is 5.32 Å². The highest BCUT2D eigenvalue weighted by Crippen LogP contribution is 2.22. The summed E-state index contributed by atoms with van der Waals surface area (Å²) in [5, 5.41) is 3.33. The number of nitrogens with zero attached hydrogens (tertiary/aromatic N) is 4. The first kappa shape index (κ1) is 11.2. The van der Waals surface area contributed by atoms with Gasteiger partial charge in [0.05, 0.1) is 6.54 Å². The highest BCUT2D eigenvalue weighted by Gasteiger charge is 2.08. The van der Waals surface area contributed by atoms with E-state index in [0.717, 1.165) is 29.5 Å². The number of fused-ring (bicyclic) bond motifs is 2. The standard InChI is InChI=1S/C15H13N5/c1-10-18-14(7-15-17-4-5-20(10)15)19-13-3-2-11-8-16-9-12(11)6-13/h2-7,9,19H,8H2,1H3. The monoisotopic (exact) mass is 263 g/mol. The van der Waals surface area contributed by atoms with Crippen LogP contribution in [-0.4, -0.2) is 20.6 Å². The summed E-state index contributed by atoms with van der Waals surface area (Å²) in [5.41, 5.74) is 4.35. The van der Waals surface area contributed by atoms with Crippen molar-refractivity contribution in [3.8, 4) is 0 Å². The van der Waals surface area contributed by atoms with Crippen LogP contribution in [0.5, 0.6) is 0 Å². The average molecular weight is 263 g/mol. The van der Waals surface area contributed by atoms with E-state index in [4.69, 9.17) is 0 Å². The lowest BCUT2D eigenvalue weighted by molar-refractivity contribution is 0.992. The van der Waals surface area contributed by atoms with Crippen LogP contribution in [0, 0.1) is 6.92 Å². The molecule has 0 fully saturated rings. The highest BCUT2D eigenvalue weighted by molar-refractivity contribution is 5.86. The molecule has 3 heterocycles. The summed E-state index contributed by atoms with van der Waals surface area (Å²) in [5.74, 6) is 1.71. The van der Waals surface area contributed by atoms with E-state index in [1.807, 2.05) is 29.8 Å². The van der Waals surface area contributed by atoms with Crippen molar-refractivity contribution in [2.24, 2.45) is 4.99 Å². The number of aliphatic imine (C=N–C) groups is 1. The summed E-state index contributed by atoms with van der Waals surface area (Å²) < 4.78 is 1.96. The van der Waals surface area contributed by atoms with Crippen molar-refractivity contribution in [1.29, 1.82) is 0 Å². The van der Waals surface area contributed by atoms with Crippen LogP contribution >= 0.6 is 0 Å². The van der Waals surface area contributed by atoms with Crippen molar-refractivity contribution in [3.05, 3.63) is 53.6 Å². The van der Waals surface area contributed by atoms with Crippen LogP contribution in [0.2, 0.25) is 0 Å². The van der Waals surface area contributed by atoms with E-state index in [0.29, 0.717) is 0 Å². The van der Waals surface area contributed by atoms with Gasteiger partial charge < -0.3 is 5.32 Å². The molecule has 5 heteroatoms. The lowest BCUT2D eigenvalue weighted by Crippen LogP contribution is -2.00. The molecule has 0 aliphatic carbocycles. The quantitative estimate of drug-likeness (QED) is 0.773. The summed E-state index contributed by atoms with van der Waals surface area (Å²) in [6, 6.07) is 8.19. The number of rotatable bonds is 2. The third-order valence-corrected chi connectivity index (χ3v) is 3.48. The van der Waals surface area contributed by atoms with E-state index in [1.165, 1.54) is 11.1 Å². The Morgan fingerprint density at radius 1 is 1.25 bits per heavy atom. The molecule has 20 heavy (non-hydrogen) atoms. The van der Waals surface area contributed by atoms with Crippen molar-refractivity contribution >= 4 is 23.4 Å². The van der Waals surface area contributed by atoms with Crippen LogP contribution in [0.25, 0.3) is 5.65 Å². The second-order valence-electron chi connectivity index (χ2n) is 4.85.